The van der Waals surface area contributed by atoms with E-state index in [1.165, 1.54) is 0 Å². The highest BCUT2D eigenvalue weighted by Gasteiger charge is 2.24. The summed E-state index contributed by atoms with van der Waals surface area (Å²) in [6.45, 7) is 7.97. The summed E-state index contributed by atoms with van der Waals surface area (Å²) in [4.78, 5) is 2.28. The molecule has 1 unspecified atom stereocenters. The number of halogens is 1. The van der Waals surface area contributed by atoms with Crippen LogP contribution in [0.25, 0.3) is 0 Å². The predicted molar refractivity (Wildman–Crippen MR) is 83.1 cm³/mol. The molecule has 0 saturated carbocycles. The number of nitrogens with two attached hydrogens (primary N) is 1. The van der Waals surface area contributed by atoms with Crippen LogP contribution in [0.4, 0.5) is 0 Å². The lowest BCUT2D eigenvalue weighted by Gasteiger charge is -2.30. The van der Waals surface area contributed by atoms with Gasteiger partial charge in [0.05, 0.1) is 11.6 Å². The lowest BCUT2D eigenvalue weighted by Crippen LogP contribution is -2.36. The zero-order chi connectivity index (χ0) is 15.2. The molecular weight excluding hydrogens is 292 g/mol. The zero-order valence-electron chi connectivity index (χ0n) is 12.6. The van der Waals surface area contributed by atoms with Crippen LogP contribution in [0.2, 0.25) is 5.02 Å². The topological polar surface area (TPSA) is 57.0 Å². The van der Waals surface area contributed by atoms with E-state index in [4.69, 9.17) is 31.5 Å². The summed E-state index contributed by atoms with van der Waals surface area (Å²) in [7, 11) is 0. The van der Waals surface area contributed by atoms with Gasteiger partial charge in [0.25, 0.3) is 0 Å². The van der Waals surface area contributed by atoms with Gasteiger partial charge in [-0.05, 0) is 31.2 Å². The molecule has 21 heavy (non-hydrogen) atoms. The van der Waals surface area contributed by atoms with Gasteiger partial charge < -0.3 is 19.9 Å². The van der Waals surface area contributed by atoms with Crippen LogP contribution in [-0.4, -0.2) is 44.5 Å². The highest BCUT2D eigenvalue weighted by atomic mass is 35.5. The maximum absolute atomic E-state index is 6.26. The molecule has 0 radical (unpaired) electrons. The van der Waals surface area contributed by atoms with Gasteiger partial charge in [-0.15, -0.1) is 0 Å². The van der Waals surface area contributed by atoms with Gasteiger partial charge in [-0.1, -0.05) is 18.5 Å². The summed E-state index contributed by atoms with van der Waals surface area (Å²) in [5.41, 5.74) is 7.03. The molecule has 1 heterocycles. The van der Waals surface area contributed by atoms with E-state index in [2.05, 4.69) is 11.8 Å². The van der Waals surface area contributed by atoms with Crippen LogP contribution in [0.3, 0.4) is 0 Å². The van der Waals surface area contributed by atoms with Gasteiger partial charge in [0.2, 0.25) is 6.79 Å². The molecule has 0 aliphatic carbocycles. The minimum absolute atomic E-state index is 0.0856. The van der Waals surface area contributed by atoms with E-state index in [1.54, 1.807) is 0 Å². The number of hydrogen-bond acceptors (Lipinski definition) is 5. The quantitative estimate of drug-likeness (QED) is 0.747. The molecule has 0 bridgehead atoms. The maximum atomic E-state index is 6.26. The Kier molecular flexibility index (Phi) is 6.11. The summed E-state index contributed by atoms with van der Waals surface area (Å²) in [6, 6.07) is 3.97. The van der Waals surface area contributed by atoms with Crippen molar-refractivity contribution in [2.24, 2.45) is 5.73 Å². The molecule has 0 fully saturated rings. The monoisotopic (exact) mass is 314 g/mol. The van der Waals surface area contributed by atoms with Gasteiger partial charge in [-0.25, -0.2) is 0 Å². The first-order valence-corrected chi connectivity index (χ1v) is 7.69. The fraction of sp³-hybridized carbons (Fsp3) is 0.600. The van der Waals surface area contributed by atoms with Gasteiger partial charge in [0.15, 0.2) is 11.5 Å². The van der Waals surface area contributed by atoms with Crippen molar-refractivity contribution < 1.29 is 14.2 Å². The van der Waals surface area contributed by atoms with Gasteiger partial charge in [-0.3, -0.25) is 4.90 Å². The molecule has 1 aromatic rings. The van der Waals surface area contributed by atoms with Crippen LogP contribution in [-0.2, 0) is 4.74 Å². The fourth-order valence-corrected chi connectivity index (χ4v) is 2.81. The first-order valence-electron chi connectivity index (χ1n) is 7.32. The Morgan fingerprint density at radius 3 is 2.86 bits per heavy atom. The summed E-state index contributed by atoms with van der Waals surface area (Å²) < 4.78 is 16.2. The maximum Gasteiger partial charge on any atom is 0.231 e. The third-order valence-electron chi connectivity index (χ3n) is 3.63. The van der Waals surface area contributed by atoms with Crippen molar-refractivity contribution in [1.82, 2.24) is 4.90 Å². The third-order valence-corrected chi connectivity index (χ3v) is 3.91. The number of nitrogens with zero attached hydrogens (tertiary/aromatic N) is 1. The van der Waals surface area contributed by atoms with Crippen molar-refractivity contribution in [1.29, 1.82) is 0 Å². The Morgan fingerprint density at radius 1 is 1.38 bits per heavy atom. The molecule has 6 heteroatoms. The second-order valence-electron chi connectivity index (χ2n) is 4.81. The molecule has 118 valence electrons. The second-order valence-corrected chi connectivity index (χ2v) is 5.22. The number of rotatable bonds is 8. The van der Waals surface area contributed by atoms with Gasteiger partial charge in [0, 0.05) is 25.7 Å². The van der Waals surface area contributed by atoms with Crippen LogP contribution in [0.1, 0.15) is 25.5 Å². The number of benzene rings is 1. The molecule has 0 amide bonds. The zero-order valence-corrected chi connectivity index (χ0v) is 13.4. The summed E-state index contributed by atoms with van der Waals surface area (Å²) >= 11 is 6.26. The Hall–Kier alpha value is -1.01. The average Bonchev–Trinajstić information content (AvgIpc) is 2.95. The third kappa shape index (κ3) is 3.80. The SMILES string of the molecule is CCOCCN(CC)C(CN)c1cc(Cl)c2c(c1)OCO2. The summed E-state index contributed by atoms with van der Waals surface area (Å²) in [5, 5.41) is 0.569. The van der Waals surface area contributed by atoms with E-state index in [0.29, 0.717) is 29.7 Å². The minimum Gasteiger partial charge on any atom is -0.454 e. The largest absolute Gasteiger partial charge is 0.454 e. The van der Waals surface area contributed by atoms with Crippen LogP contribution in [0.5, 0.6) is 11.5 Å². The lowest BCUT2D eigenvalue weighted by molar-refractivity contribution is 0.0980. The van der Waals surface area contributed by atoms with Crippen molar-refractivity contribution in [3.8, 4) is 11.5 Å². The van der Waals surface area contributed by atoms with Crippen molar-refractivity contribution >= 4 is 11.6 Å². The van der Waals surface area contributed by atoms with Crippen molar-refractivity contribution in [2.75, 3.05) is 39.6 Å². The van der Waals surface area contributed by atoms with Crippen molar-refractivity contribution in [2.45, 2.75) is 19.9 Å². The number of ether oxygens (including phenoxy) is 3. The predicted octanol–water partition coefficient (Wildman–Crippen LogP) is 2.43. The van der Waals surface area contributed by atoms with Gasteiger partial charge >= 0.3 is 0 Å². The van der Waals surface area contributed by atoms with E-state index < -0.39 is 0 Å². The second kappa shape index (κ2) is 7.84. The van der Waals surface area contributed by atoms with Crippen molar-refractivity contribution in [3.63, 3.8) is 0 Å². The first-order chi connectivity index (χ1) is 10.2. The summed E-state index contributed by atoms with van der Waals surface area (Å²) in [5.74, 6) is 1.31. The molecule has 2 rings (SSSR count). The molecule has 1 atom stereocenters. The minimum atomic E-state index is 0.0856. The standard InChI is InChI=1S/C15H23ClN2O3/c1-3-18(5-6-19-4-2)13(9-17)11-7-12(16)15-14(8-11)20-10-21-15/h7-8,13H,3-6,9-10,17H2,1-2H3. The van der Waals surface area contributed by atoms with Crippen molar-refractivity contribution in [3.05, 3.63) is 22.7 Å². The highest BCUT2D eigenvalue weighted by molar-refractivity contribution is 6.32. The van der Waals surface area contributed by atoms with Gasteiger partial charge in [0.1, 0.15) is 0 Å². The number of fused-ring (bicyclic) bond motifs is 1. The molecule has 0 saturated heterocycles. The van der Waals surface area contributed by atoms with Crippen LogP contribution in [0.15, 0.2) is 12.1 Å². The smallest absolute Gasteiger partial charge is 0.231 e. The normalized spacial score (nSPS) is 14.7. The molecule has 0 spiro atoms. The Bertz CT molecular complexity index is 470. The Morgan fingerprint density at radius 2 is 2.19 bits per heavy atom. The van der Waals surface area contributed by atoms with E-state index >= 15 is 0 Å². The van der Waals surface area contributed by atoms with Crippen LogP contribution in [0, 0.1) is 0 Å². The molecule has 1 aliphatic heterocycles. The molecule has 2 N–H and O–H groups in total. The molecular formula is C15H23ClN2O3. The molecule has 0 aromatic heterocycles. The lowest BCUT2D eigenvalue weighted by atomic mass is 10.0. The Balaban J connectivity index is 2.17. The first kappa shape index (κ1) is 16.4. The van der Waals surface area contributed by atoms with E-state index in [9.17, 15) is 0 Å². The van der Waals surface area contributed by atoms with E-state index in [0.717, 1.165) is 25.3 Å². The van der Waals surface area contributed by atoms with Crippen LogP contribution < -0.4 is 15.2 Å². The van der Waals surface area contributed by atoms with Gasteiger partial charge in [-0.2, -0.15) is 0 Å². The molecule has 1 aromatic carbocycles. The highest BCUT2D eigenvalue weighted by Crippen LogP contribution is 2.41. The van der Waals surface area contributed by atoms with Crippen LogP contribution >= 0.6 is 11.6 Å². The molecule has 5 nitrogen and oxygen atoms in total. The number of hydrogen-bond donors (Lipinski definition) is 1. The number of likely N-dealkylation sites (N-methyl/N-ethyl adjacent to an activating group) is 1. The van der Waals surface area contributed by atoms with E-state index in [-0.39, 0.29) is 12.8 Å². The summed E-state index contributed by atoms with van der Waals surface area (Å²) in [6.07, 6.45) is 0. The Labute approximate surface area is 130 Å². The average molecular weight is 315 g/mol. The van der Waals surface area contributed by atoms with E-state index in [1.807, 2.05) is 19.1 Å². The fourth-order valence-electron chi connectivity index (χ4n) is 2.54. The molecule has 1 aliphatic rings.